The molecule has 4 heteroatoms. The van der Waals surface area contributed by atoms with Gasteiger partial charge in [0.05, 0.1) is 0 Å². The van der Waals surface area contributed by atoms with Gasteiger partial charge >= 0.3 is 0 Å². The topological polar surface area (TPSA) is 34.0 Å². The van der Waals surface area contributed by atoms with E-state index in [0.717, 1.165) is 18.8 Å². The molecule has 2 aliphatic heterocycles. The van der Waals surface area contributed by atoms with E-state index in [9.17, 15) is 0 Å². The number of aryl methyl sites for hydroxylation is 1. The van der Waals surface area contributed by atoms with Crippen LogP contribution in [0.4, 0.5) is 0 Å². The molecular weight excluding hydrogens is 236 g/mol. The van der Waals surface area contributed by atoms with Gasteiger partial charge in [-0.1, -0.05) is 0 Å². The first kappa shape index (κ1) is 13.1. The number of likely N-dealkylation sites (tertiary alicyclic amines) is 1. The van der Waals surface area contributed by atoms with E-state index >= 15 is 0 Å². The summed E-state index contributed by atoms with van der Waals surface area (Å²) in [5.74, 6) is 3.22. The van der Waals surface area contributed by atoms with Gasteiger partial charge in [-0.25, -0.2) is 0 Å². The Morgan fingerprint density at radius 1 is 1.26 bits per heavy atom. The van der Waals surface area contributed by atoms with Crippen LogP contribution in [0.25, 0.3) is 0 Å². The molecule has 2 aliphatic rings. The summed E-state index contributed by atoms with van der Waals surface area (Å²) >= 11 is 0. The minimum absolute atomic E-state index is 0.594. The number of fused-ring (bicyclic) bond motifs is 1. The fourth-order valence-electron chi connectivity index (χ4n) is 3.62. The molecule has 0 aromatic carbocycles. The molecule has 4 nitrogen and oxygen atoms in total. The van der Waals surface area contributed by atoms with Gasteiger partial charge in [-0.15, -0.1) is 10.2 Å². The molecule has 2 atom stereocenters. The lowest BCUT2D eigenvalue weighted by molar-refractivity contribution is 0.263. The minimum atomic E-state index is 0.594. The van der Waals surface area contributed by atoms with Crippen LogP contribution in [-0.4, -0.2) is 38.8 Å². The maximum atomic E-state index is 4.48. The molecule has 0 N–H and O–H groups in total. The van der Waals surface area contributed by atoms with Gasteiger partial charge in [-0.3, -0.25) is 0 Å². The third kappa shape index (κ3) is 2.55. The summed E-state index contributed by atoms with van der Waals surface area (Å²) in [4.78, 5) is 2.58. The zero-order chi connectivity index (χ0) is 13.4. The second-order valence-electron chi connectivity index (χ2n) is 6.59. The Labute approximate surface area is 116 Å². The first-order valence-corrected chi connectivity index (χ1v) is 7.82. The van der Waals surface area contributed by atoms with Crippen molar-refractivity contribution in [1.82, 2.24) is 19.7 Å². The molecule has 1 aromatic heterocycles. The van der Waals surface area contributed by atoms with Crippen molar-refractivity contribution in [3.05, 3.63) is 11.6 Å². The second kappa shape index (κ2) is 5.23. The molecular formula is C15H26N4. The van der Waals surface area contributed by atoms with Crippen molar-refractivity contribution < 1.29 is 0 Å². The first-order valence-electron chi connectivity index (χ1n) is 7.82. The average molecular weight is 262 g/mol. The highest BCUT2D eigenvalue weighted by molar-refractivity contribution is 5.03. The zero-order valence-corrected chi connectivity index (χ0v) is 12.5. The maximum absolute atomic E-state index is 4.48. The van der Waals surface area contributed by atoms with Crippen LogP contribution in [0.5, 0.6) is 0 Å². The van der Waals surface area contributed by atoms with E-state index in [-0.39, 0.29) is 0 Å². The molecule has 1 fully saturated rings. The standard InChI is InChI=1S/C15H26N4/c1-11(2)18-8-7-13(10-18)9-15-17-16-14-6-4-5-12(3)19(14)15/h11-13H,4-10H2,1-3H3. The monoisotopic (exact) mass is 262 g/mol. The van der Waals surface area contributed by atoms with Gasteiger partial charge in [0.15, 0.2) is 0 Å². The highest BCUT2D eigenvalue weighted by atomic mass is 15.3. The van der Waals surface area contributed by atoms with Crippen molar-refractivity contribution in [1.29, 1.82) is 0 Å². The molecule has 3 heterocycles. The Kier molecular flexibility index (Phi) is 3.61. The molecule has 2 unspecified atom stereocenters. The molecule has 0 amide bonds. The number of nitrogens with zero attached hydrogens (tertiary/aromatic N) is 4. The Balaban J connectivity index is 1.70. The van der Waals surface area contributed by atoms with Gasteiger partial charge in [0.2, 0.25) is 0 Å². The molecule has 0 aliphatic carbocycles. The van der Waals surface area contributed by atoms with E-state index in [2.05, 4.69) is 40.4 Å². The van der Waals surface area contributed by atoms with Crippen LogP contribution >= 0.6 is 0 Å². The summed E-state index contributed by atoms with van der Waals surface area (Å²) < 4.78 is 2.42. The molecule has 0 bridgehead atoms. The molecule has 19 heavy (non-hydrogen) atoms. The zero-order valence-electron chi connectivity index (χ0n) is 12.5. The third-order valence-corrected chi connectivity index (χ3v) is 4.82. The molecule has 1 aromatic rings. The molecule has 106 valence electrons. The van der Waals surface area contributed by atoms with Crippen LogP contribution in [0.15, 0.2) is 0 Å². The average Bonchev–Trinajstić information content (AvgIpc) is 2.98. The van der Waals surface area contributed by atoms with Crippen molar-refractivity contribution in [2.75, 3.05) is 13.1 Å². The van der Waals surface area contributed by atoms with E-state index in [1.54, 1.807) is 0 Å². The predicted molar refractivity (Wildman–Crippen MR) is 76.2 cm³/mol. The fourth-order valence-corrected chi connectivity index (χ4v) is 3.62. The quantitative estimate of drug-likeness (QED) is 0.839. The minimum Gasteiger partial charge on any atom is -0.312 e. The number of rotatable bonds is 3. The molecule has 0 spiro atoms. The van der Waals surface area contributed by atoms with Crippen molar-refractivity contribution >= 4 is 0 Å². The van der Waals surface area contributed by atoms with E-state index in [1.165, 1.54) is 44.0 Å². The van der Waals surface area contributed by atoms with Crippen LogP contribution in [0.1, 0.15) is 57.7 Å². The summed E-state index contributed by atoms with van der Waals surface area (Å²) in [6.07, 6.45) is 6.08. The molecule has 3 rings (SSSR count). The van der Waals surface area contributed by atoms with Crippen molar-refractivity contribution in [3.8, 4) is 0 Å². The van der Waals surface area contributed by atoms with Crippen molar-refractivity contribution in [2.24, 2.45) is 5.92 Å². The molecule has 1 saturated heterocycles. The van der Waals surface area contributed by atoms with Crippen LogP contribution in [0, 0.1) is 5.92 Å². The lowest BCUT2D eigenvalue weighted by Crippen LogP contribution is -2.28. The van der Waals surface area contributed by atoms with Crippen LogP contribution < -0.4 is 0 Å². The largest absolute Gasteiger partial charge is 0.312 e. The Hall–Kier alpha value is -0.900. The maximum Gasteiger partial charge on any atom is 0.133 e. The SMILES string of the molecule is CC(C)N1CCC(Cc2nnc3n2C(C)CCC3)C1. The summed E-state index contributed by atoms with van der Waals surface area (Å²) in [6.45, 7) is 9.38. The van der Waals surface area contributed by atoms with Gasteiger partial charge in [0, 0.05) is 31.5 Å². The second-order valence-corrected chi connectivity index (χ2v) is 6.59. The lowest BCUT2D eigenvalue weighted by Gasteiger charge is -2.23. The summed E-state index contributed by atoms with van der Waals surface area (Å²) in [5.41, 5.74) is 0. The first-order chi connectivity index (χ1) is 9.15. The predicted octanol–water partition coefficient (Wildman–Crippen LogP) is 2.45. The number of hydrogen-bond acceptors (Lipinski definition) is 3. The van der Waals surface area contributed by atoms with Crippen molar-refractivity contribution in [2.45, 2.75) is 65.0 Å². The van der Waals surface area contributed by atoms with E-state index < -0.39 is 0 Å². The highest BCUT2D eigenvalue weighted by Crippen LogP contribution is 2.28. The van der Waals surface area contributed by atoms with E-state index in [1.807, 2.05) is 0 Å². The van der Waals surface area contributed by atoms with Crippen LogP contribution in [0.3, 0.4) is 0 Å². The Morgan fingerprint density at radius 2 is 2.11 bits per heavy atom. The van der Waals surface area contributed by atoms with Gasteiger partial charge in [-0.05, 0) is 52.5 Å². The Morgan fingerprint density at radius 3 is 2.84 bits per heavy atom. The van der Waals surface area contributed by atoms with Crippen LogP contribution in [0.2, 0.25) is 0 Å². The van der Waals surface area contributed by atoms with Gasteiger partial charge in [0.1, 0.15) is 11.6 Å². The molecule has 0 radical (unpaired) electrons. The summed E-state index contributed by atoms with van der Waals surface area (Å²) in [7, 11) is 0. The van der Waals surface area contributed by atoms with E-state index in [4.69, 9.17) is 0 Å². The van der Waals surface area contributed by atoms with Crippen molar-refractivity contribution in [3.63, 3.8) is 0 Å². The van der Waals surface area contributed by atoms with Gasteiger partial charge in [-0.2, -0.15) is 0 Å². The Bertz CT molecular complexity index is 437. The van der Waals surface area contributed by atoms with Gasteiger partial charge < -0.3 is 9.47 Å². The number of aromatic nitrogens is 3. The summed E-state index contributed by atoms with van der Waals surface area (Å²) in [5, 5.41) is 8.88. The van der Waals surface area contributed by atoms with Gasteiger partial charge in [0.25, 0.3) is 0 Å². The lowest BCUT2D eigenvalue weighted by atomic mass is 10.0. The van der Waals surface area contributed by atoms with Crippen LogP contribution in [-0.2, 0) is 12.8 Å². The highest BCUT2D eigenvalue weighted by Gasteiger charge is 2.28. The normalized spacial score (nSPS) is 28.0. The third-order valence-electron chi connectivity index (χ3n) is 4.82. The fraction of sp³-hybridized carbons (Fsp3) is 0.867. The molecule has 0 saturated carbocycles. The van der Waals surface area contributed by atoms with E-state index in [0.29, 0.717) is 12.1 Å². The number of hydrogen-bond donors (Lipinski definition) is 0. The smallest absolute Gasteiger partial charge is 0.133 e. The summed E-state index contributed by atoms with van der Waals surface area (Å²) in [6, 6.07) is 1.27.